The molecule has 0 N–H and O–H groups in total. The van der Waals surface area contributed by atoms with Crippen LogP contribution in [0, 0.1) is 0 Å². The van der Waals surface area contributed by atoms with Gasteiger partial charge in [-0.1, -0.05) is 24.3 Å². The van der Waals surface area contributed by atoms with Crippen LogP contribution in [0.4, 0.5) is 5.69 Å². The number of carbonyl (C=O) groups is 1. The van der Waals surface area contributed by atoms with Crippen LogP contribution in [0.25, 0.3) is 0 Å². The third kappa shape index (κ3) is 2.77. The van der Waals surface area contributed by atoms with Gasteiger partial charge in [0.05, 0.1) is 7.11 Å². The second-order valence-electron chi connectivity index (χ2n) is 5.31. The van der Waals surface area contributed by atoms with Gasteiger partial charge in [-0.15, -0.1) is 0 Å². The van der Waals surface area contributed by atoms with Gasteiger partial charge in [0, 0.05) is 18.3 Å². The third-order valence-corrected chi connectivity index (χ3v) is 3.86. The summed E-state index contributed by atoms with van der Waals surface area (Å²) in [4.78, 5) is 14.4. The van der Waals surface area contributed by atoms with Crippen LogP contribution in [-0.4, -0.2) is 25.7 Å². The van der Waals surface area contributed by atoms with Gasteiger partial charge in [0.25, 0.3) is 5.91 Å². The second kappa shape index (κ2) is 6.10. The van der Waals surface area contributed by atoms with Gasteiger partial charge in [-0.2, -0.15) is 0 Å². The second-order valence-corrected chi connectivity index (χ2v) is 5.31. The fraction of sp³-hybridized carbons (Fsp3) is 0.278. The van der Waals surface area contributed by atoms with E-state index in [1.807, 2.05) is 36.4 Å². The predicted octanol–water partition coefficient (Wildman–Crippen LogP) is 3.05. The van der Waals surface area contributed by atoms with Crippen molar-refractivity contribution in [1.29, 1.82) is 0 Å². The lowest BCUT2D eigenvalue weighted by Gasteiger charge is -2.22. The van der Waals surface area contributed by atoms with Crippen molar-refractivity contribution in [1.82, 2.24) is 0 Å². The molecule has 114 valence electrons. The molecule has 2 aromatic rings. The Hall–Kier alpha value is -2.49. The van der Waals surface area contributed by atoms with E-state index in [0.29, 0.717) is 18.0 Å². The molecule has 0 unspecified atom stereocenters. The van der Waals surface area contributed by atoms with E-state index in [1.165, 1.54) is 5.56 Å². The lowest BCUT2D eigenvalue weighted by molar-refractivity contribution is -0.124. The molecule has 1 aliphatic heterocycles. The highest BCUT2D eigenvalue weighted by Crippen LogP contribution is 2.28. The van der Waals surface area contributed by atoms with Gasteiger partial charge in [-0.3, -0.25) is 4.79 Å². The fourth-order valence-corrected chi connectivity index (χ4v) is 2.72. The molecule has 0 fully saturated rings. The van der Waals surface area contributed by atoms with Crippen LogP contribution < -0.4 is 14.4 Å². The van der Waals surface area contributed by atoms with Gasteiger partial charge in [-0.05, 0) is 37.1 Å². The first-order valence-electron chi connectivity index (χ1n) is 7.39. The maximum absolute atomic E-state index is 12.6. The Balaban J connectivity index is 1.73. The third-order valence-electron chi connectivity index (χ3n) is 3.86. The maximum Gasteiger partial charge on any atom is 0.267 e. The number of methoxy groups -OCH3 is 1. The molecule has 0 bridgehead atoms. The van der Waals surface area contributed by atoms with Crippen LogP contribution in [0.5, 0.6) is 11.5 Å². The fourth-order valence-electron chi connectivity index (χ4n) is 2.72. The summed E-state index contributed by atoms with van der Waals surface area (Å²) < 4.78 is 10.9. The highest BCUT2D eigenvalue weighted by atomic mass is 16.5. The molecule has 4 heteroatoms. The Morgan fingerprint density at radius 3 is 2.73 bits per heavy atom. The number of rotatable bonds is 4. The Morgan fingerprint density at radius 2 is 1.91 bits per heavy atom. The summed E-state index contributed by atoms with van der Waals surface area (Å²) in [5.41, 5.74) is 2.21. The van der Waals surface area contributed by atoms with Crippen molar-refractivity contribution in [2.75, 3.05) is 18.6 Å². The Bertz CT molecular complexity index is 684. The van der Waals surface area contributed by atoms with E-state index in [0.717, 1.165) is 12.1 Å². The smallest absolute Gasteiger partial charge is 0.267 e. The Kier molecular flexibility index (Phi) is 4.00. The number of nitrogens with zero attached hydrogens (tertiary/aromatic N) is 1. The van der Waals surface area contributed by atoms with Gasteiger partial charge in [0.2, 0.25) is 0 Å². The lowest BCUT2D eigenvalue weighted by Crippen LogP contribution is -2.39. The summed E-state index contributed by atoms with van der Waals surface area (Å²) in [5.74, 6) is 1.32. The highest BCUT2D eigenvalue weighted by Gasteiger charge is 2.28. The van der Waals surface area contributed by atoms with Gasteiger partial charge in [-0.25, -0.2) is 0 Å². The summed E-state index contributed by atoms with van der Waals surface area (Å²) in [6.45, 7) is 2.49. The van der Waals surface area contributed by atoms with E-state index < -0.39 is 6.10 Å². The van der Waals surface area contributed by atoms with E-state index in [-0.39, 0.29) is 5.91 Å². The molecular formula is C18H19NO3. The predicted molar refractivity (Wildman–Crippen MR) is 85.6 cm³/mol. The molecule has 4 nitrogen and oxygen atoms in total. The van der Waals surface area contributed by atoms with Crippen LogP contribution in [0.2, 0.25) is 0 Å². The zero-order valence-corrected chi connectivity index (χ0v) is 12.8. The molecule has 0 aliphatic carbocycles. The van der Waals surface area contributed by atoms with Crippen molar-refractivity contribution in [2.45, 2.75) is 19.4 Å². The molecule has 2 aromatic carbocycles. The molecule has 0 spiro atoms. The summed E-state index contributed by atoms with van der Waals surface area (Å²) in [6, 6.07) is 15.3. The number of para-hydroxylation sites is 1. The van der Waals surface area contributed by atoms with Gasteiger partial charge >= 0.3 is 0 Å². The largest absolute Gasteiger partial charge is 0.497 e. The molecule has 3 rings (SSSR count). The van der Waals surface area contributed by atoms with Crippen molar-refractivity contribution in [3.8, 4) is 11.5 Å². The quantitative estimate of drug-likeness (QED) is 0.870. The zero-order chi connectivity index (χ0) is 15.5. The van der Waals surface area contributed by atoms with Crippen LogP contribution in [0.3, 0.4) is 0 Å². The van der Waals surface area contributed by atoms with E-state index in [2.05, 4.69) is 6.07 Å². The first kappa shape index (κ1) is 14.4. The van der Waals surface area contributed by atoms with E-state index in [4.69, 9.17) is 9.47 Å². The number of ether oxygens (including phenoxy) is 2. The van der Waals surface area contributed by atoms with E-state index in [9.17, 15) is 4.79 Å². The molecule has 22 heavy (non-hydrogen) atoms. The van der Waals surface area contributed by atoms with E-state index in [1.54, 1.807) is 25.0 Å². The van der Waals surface area contributed by atoms with Crippen molar-refractivity contribution >= 4 is 11.6 Å². The molecule has 0 saturated heterocycles. The first-order valence-corrected chi connectivity index (χ1v) is 7.39. The van der Waals surface area contributed by atoms with Crippen molar-refractivity contribution in [3.63, 3.8) is 0 Å². The van der Waals surface area contributed by atoms with Crippen molar-refractivity contribution in [2.24, 2.45) is 0 Å². The van der Waals surface area contributed by atoms with E-state index >= 15 is 0 Å². The molecule has 1 atom stereocenters. The number of carbonyl (C=O) groups excluding carboxylic acids is 1. The molecule has 1 heterocycles. The number of anilines is 1. The normalized spacial score (nSPS) is 14.4. The molecule has 1 amide bonds. The SMILES string of the molecule is COc1cccc(O[C@@H](C)C(=O)N2CCc3ccccc32)c1. The lowest BCUT2D eigenvalue weighted by atomic mass is 10.2. The van der Waals surface area contributed by atoms with Crippen LogP contribution >= 0.6 is 0 Å². The minimum absolute atomic E-state index is 0.0206. The topological polar surface area (TPSA) is 38.8 Å². The Morgan fingerprint density at radius 1 is 1.14 bits per heavy atom. The average molecular weight is 297 g/mol. The number of hydrogen-bond acceptors (Lipinski definition) is 3. The van der Waals surface area contributed by atoms with Crippen molar-refractivity contribution < 1.29 is 14.3 Å². The number of hydrogen-bond donors (Lipinski definition) is 0. The van der Waals surface area contributed by atoms with Crippen LogP contribution in [-0.2, 0) is 11.2 Å². The summed E-state index contributed by atoms with van der Waals surface area (Å²) in [5, 5.41) is 0. The zero-order valence-electron chi connectivity index (χ0n) is 12.8. The van der Waals surface area contributed by atoms with Crippen LogP contribution in [0.15, 0.2) is 48.5 Å². The summed E-state index contributed by atoms with van der Waals surface area (Å²) in [6.07, 6.45) is 0.353. The van der Waals surface area contributed by atoms with Crippen molar-refractivity contribution in [3.05, 3.63) is 54.1 Å². The molecule has 0 radical (unpaired) electrons. The van der Waals surface area contributed by atoms with Gasteiger partial charge < -0.3 is 14.4 Å². The first-order chi connectivity index (χ1) is 10.7. The average Bonchev–Trinajstić information content (AvgIpc) is 2.98. The molecule has 0 aromatic heterocycles. The number of fused-ring (bicyclic) bond motifs is 1. The molecule has 0 saturated carbocycles. The highest BCUT2D eigenvalue weighted by molar-refractivity contribution is 5.98. The summed E-state index contributed by atoms with van der Waals surface area (Å²) >= 11 is 0. The molecule has 1 aliphatic rings. The maximum atomic E-state index is 12.6. The number of amides is 1. The number of benzene rings is 2. The minimum Gasteiger partial charge on any atom is -0.497 e. The van der Waals surface area contributed by atoms with Gasteiger partial charge in [0.1, 0.15) is 11.5 Å². The molecular weight excluding hydrogens is 278 g/mol. The van der Waals surface area contributed by atoms with Gasteiger partial charge in [0.15, 0.2) is 6.10 Å². The minimum atomic E-state index is -0.543. The monoisotopic (exact) mass is 297 g/mol. The summed E-state index contributed by atoms with van der Waals surface area (Å²) in [7, 11) is 1.61. The standard InChI is InChI=1S/C18H19NO3/c1-13(22-16-8-5-7-15(12-16)21-2)18(20)19-11-10-14-6-3-4-9-17(14)19/h3-9,12-13H,10-11H2,1-2H3/t13-/m0/s1. The Labute approximate surface area is 130 Å². The van der Waals surface area contributed by atoms with Crippen LogP contribution in [0.1, 0.15) is 12.5 Å².